The minimum Gasteiger partial charge on any atom is -0.322 e. The highest BCUT2D eigenvalue weighted by Crippen LogP contribution is 2.24. The Labute approximate surface area is 169 Å². The van der Waals surface area contributed by atoms with Crippen molar-refractivity contribution in [2.45, 2.75) is 18.7 Å². The van der Waals surface area contributed by atoms with Gasteiger partial charge in [-0.3, -0.25) is 9.52 Å². The third kappa shape index (κ3) is 4.71. The zero-order chi connectivity index (χ0) is 20.3. The summed E-state index contributed by atoms with van der Waals surface area (Å²) in [5, 5.41) is 3.20. The first-order chi connectivity index (χ1) is 13.2. The average molecular weight is 415 g/mol. The van der Waals surface area contributed by atoms with E-state index in [0.29, 0.717) is 22.0 Å². The predicted octanol–water partition coefficient (Wildman–Crippen LogP) is 5.01. The van der Waals surface area contributed by atoms with Crippen molar-refractivity contribution in [2.24, 2.45) is 0 Å². The molecule has 3 aromatic rings. The lowest BCUT2D eigenvalue weighted by molar-refractivity contribution is 0.102. The van der Waals surface area contributed by atoms with Crippen molar-refractivity contribution in [3.8, 4) is 0 Å². The van der Waals surface area contributed by atoms with Crippen molar-refractivity contribution in [2.75, 3.05) is 10.0 Å². The monoisotopic (exact) mass is 414 g/mol. The number of halogens is 1. The minimum absolute atomic E-state index is 0.0837. The normalized spacial score (nSPS) is 11.1. The summed E-state index contributed by atoms with van der Waals surface area (Å²) >= 11 is 5.95. The van der Waals surface area contributed by atoms with Crippen LogP contribution in [-0.4, -0.2) is 14.3 Å². The fourth-order valence-corrected chi connectivity index (χ4v) is 3.91. The predicted molar refractivity (Wildman–Crippen MR) is 113 cm³/mol. The van der Waals surface area contributed by atoms with Crippen LogP contribution in [0.25, 0.3) is 0 Å². The van der Waals surface area contributed by atoms with Crippen molar-refractivity contribution >= 4 is 38.9 Å². The Morgan fingerprint density at radius 2 is 1.64 bits per heavy atom. The van der Waals surface area contributed by atoms with Gasteiger partial charge in [0.2, 0.25) is 0 Å². The summed E-state index contributed by atoms with van der Waals surface area (Å²) in [6.45, 7) is 3.70. The van der Waals surface area contributed by atoms with E-state index in [1.165, 1.54) is 12.1 Å². The molecule has 0 heterocycles. The van der Waals surface area contributed by atoms with Crippen LogP contribution in [0.2, 0.25) is 5.02 Å². The molecule has 0 saturated carbocycles. The number of rotatable bonds is 5. The number of nitrogens with one attached hydrogen (secondary N) is 2. The van der Waals surface area contributed by atoms with Gasteiger partial charge in [-0.25, -0.2) is 8.42 Å². The highest BCUT2D eigenvalue weighted by molar-refractivity contribution is 7.92. The van der Waals surface area contributed by atoms with Crippen molar-refractivity contribution in [1.82, 2.24) is 0 Å². The molecule has 0 aliphatic rings. The summed E-state index contributed by atoms with van der Waals surface area (Å²) in [6, 6.07) is 18.2. The molecule has 5 nitrogen and oxygen atoms in total. The van der Waals surface area contributed by atoms with E-state index in [9.17, 15) is 13.2 Å². The number of anilines is 2. The topological polar surface area (TPSA) is 75.3 Å². The molecule has 3 rings (SSSR count). The number of carbonyl (C=O) groups is 1. The zero-order valence-corrected chi connectivity index (χ0v) is 16.9. The fraction of sp³-hybridized carbons (Fsp3) is 0.0952. The van der Waals surface area contributed by atoms with Crippen molar-refractivity contribution < 1.29 is 13.2 Å². The van der Waals surface area contributed by atoms with E-state index in [1.54, 1.807) is 49.4 Å². The van der Waals surface area contributed by atoms with Gasteiger partial charge in [-0.2, -0.15) is 0 Å². The van der Waals surface area contributed by atoms with Crippen molar-refractivity contribution in [1.29, 1.82) is 0 Å². The van der Waals surface area contributed by atoms with Crippen LogP contribution in [-0.2, 0) is 10.0 Å². The van der Waals surface area contributed by atoms with Gasteiger partial charge >= 0.3 is 0 Å². The highest BCUT2D eigenvalue weighted by atomic mass is 35.5. The Morgan fingerprint density at radius 3 is 2.32 bits per heavy atom. The number of sulfonamides is 1. The third-order valence-electron chi connectivity index (χ3n) is 4.15. The maximum atomic E-state index is 12.6. The van der Waals surface area contributed by atoms with Gasteiger partial charge in [0.25, 0.3) is 15.9 Å². The van der Waals surface area contributed by atoms with Gasteiger partial charge in [-0.15, -0.1) is 0 Å². The van der Waals surface area contributed by atoms with Crippen molar-refractivity contribution in [3.05, 3.63) is 88.4 Å². The Morgan fingerprint density at radius 1 is 0.929 bits per heavy atom. The molecule has 2 N–H and O–H groups in total. The van der Waals surface area contributed by atoms with Crippen LogP contribution < -0.4 is 10.0 Å². The average Bonchev–Trinajstić information content (AvgIpc) is 2.65. The van der Waals surface area contributed by atoms with Gasteiger partial charge < -0.3 is 5.32 Å². The summed E-state index contributed by atoms with van der Waals surface area (Å²) in [6.07, 6.45) is 0. The highest BCUT2D eigenvalue weighted by Gasteiger charge is 2.16. The van der Waals surface area contributed by atoms with Gasteiger partial charge in [0.1, 0.15) is 0 Å². The summed E-state index contributed by atoms with van der Waals surface area (Å²) < 4.78 is 27.8. The number of hydrogen-bond donors (Lipinski definition) is 2. The maximum absolute atomic E-state index is 12.6. The summed E-state index contributed by atoms with van der Waals surface area (Å²) in [4.78, 5) is 12.4. The molecule has 0 atom stereocenters. The molecule has 0 saturated heterocycles. The molecule has 3 aromatic carbocycles. The molecule has 0 fully saturated rings. The summed E-state index contributed by atoms with van der Waals surface area (Å²) in [5.41, 5.74) is 3.20. The van der Waals surface area contributed by atoms with Gasteiger partial charge in [-0.05, 0) is 67.9 Å². The molecule has 1 amide bonds. The second-order valence-corrected chi connectivity index (χ2v) is 8.53. The largest absolute Gasteiger partial charge is 0.322 e. The number of carbonyl (C=O) groups excluding carboxylic acids is 1. The fourth-order valence-electron chi connectivity index (χ4n) is 2.61. The molecular formula is C21H19ClN2O3S. The van der Waals surface area contributed by atoms with Crippen LogP contribution in [0.15, 0.2) is 71.6 Å². The van der Waals surface area contributed by atoms with E-state index in [2.05, 4.69) is 10.0 Å². The second kappa shape index (κ2) is 8.04. The lowest BCUT2D eigenvalue weighted by Gasteiger charge is -2.12. The first-order valence-electron chi connectivity index (χ1n) is 8.52. The summed E-state index contributed by atoms with van der Waals surface area (Å²) in [5.74, 6) is -0.257. The van der Waals surface area contributed by atoms with E-state index < -0.39 is 10.0 Å². The molecule has 144 valence electrons. The molecule has 0 radical (unpaired) electrons. The lowest BCUT2D eigenvalue weighted by Crippen LogP contribution is -2.14. The molecule has 0 unspecified atom stereocenters. The smallest absolute Gasteiger partial charge is 0.261 e. The number of benzene rings is 3. The van der Waals surface area contributed by atoms with Crippen LogP contribution in [0.1, 0.15) is 21.5 Å². The zero-order valence-electron chi connectivity index (χ0n) is 15.4. The van der Waals surface area contributed by atoms with Crippen LogP contribution in [0.5, 0.6) is 0 Å². The second-order valence-electron chi connectivity index (χ2n) is 6.41. The van der Waals surface area contributed by atoms with Crippen LogP contribution in [0.3, 0.4) is 0 Å². The van der Waals surface area contributed by atoms with Gasteiger partial charge in [0, 0.05) is 16.3 Å². The molecule has 0 spiro atoms. The third-order valence-corrected chi connectivity index (χ3v) is 5.76. The SMILES string of the molecule is Cc1cccc(C(=O)Nc2ccc(S(=O)(=O)Nc3cc(Cl)ccc3C)cc2)c1. The van der Waals surface area contributed by atoms with Crippen LogP contribution in [0, 0.1) is 13.8 Å². The van der Waals surface area contributed by atoms with Gasteiger partial charge in [-0.1, -0.05) is 35.4 Å². The molecule has 7 heteroatoms. The number of hydrogen-bond acceptors (Lipinski definition) is 3. The van der Waals surface area contributed by atoms with Crippen molar-refractivity contribution in [3.63, 3.8) is 0 Å². The Bertz CT molecular complexity index is 1130. The standard InChI is InChI=1S/C21H19ClN2O3S/c1-14-4-3-5-16(12-14)21(25)23-18-8-10-19(11-9-18)28(26,27)24-20-13-17(22)7-6-15(20)2/h3-13,24H,1-2H3,(H,23,25). The number of amides is 1. The first-order valence-corrected chi connectivity index (χ1v) is 10.4. The molecule has 0 aromatic heterocycles. The lowest BCUT2D eigenvalue weighted by atomic mass is 10.1. The minimum atomic E-state index is -3.78. The molecule has 0 aliphatic carbocycles. The van der Waals surface area contributed by atoms with Gasteiger partial charge in [0.15, 0.2) is 0 Å². The molecule has 28 heavy (non-hydrogen) atoms. The first kappa shape index (κ1) is 19.9. The van der Waals surface area contributed by atoms with E-state index >= 15 is 0 Å². The maximum Gasteiger partial charge on any atom is 0.261 e. The molecule has 0 bridgehead atoms. The quantitative estimate of drug-likeness (QED) is 0.616. The van der Waals surface area contributed by atoms with E-state index in [1.807, 2.05) is 19.1 Å². The van der Waals surface area contributed by atoms with Gasteiger partial charge in [0.05, 0.1) is 10.6 Å². The van der Waals surface area contributed by atoms with E-state index in [0.717, 1.165) is 11.1 Å². The Hall–Kier alpha value is -2.83. The number of aryl methyl sites for hydroxylation is 2. The Kier molecular flexibility index (Phi) is 5.72. The van der Waals surface area contributed by atoms with E-state index in [4.69, 9.17) is 11.6 Å². The molecule has 0 aliphatic heterocycles. The Balaban J connectivity index is 1.76. The van der Waals surface area contributed by atoms with Crippen LogP contribution >= 0.6 is 11.6 Å². The summed E-state index contributed by atoms with van der Waals surface area (Å²) in [7, 11) is -3.78. The van der Waals surface area contributed by atoms with E-state index in [-0.39, 0.29) is 10.8 Å². The molecular weight excluding hydrogens is 396 g/mol. The van der Waals surface area contributed by atoms with Crippen LogP contribution in [0.4, 0.5) is 11.4 Å².